The number of likely N-dealkylation sites (N-methyl/N-ethyl adjacent to an activating group) is 1. The van der Waals surface area contributed by atoms with Crippen molar-refractivity contribution in [1.29, 1.82) is 0 Å². The molecule has 0 spiro atoms. The molecule has 4 N–H and O–H groups in total. The Morgan fingerprint density at radius 1 is 1.36 bits per heavy atom. The zero-order valence-corrected chi connectivity index (χ0v) is 18.0. The van der Waals surface area contributed by atoms with Gasteiger partial charge in [-0.05, 0) is 35.1 Å². The topological polar surface area (TPSA) is 136 Å². The average molecular weight is 492 g/mol. The van der Waals surface area contributed by atoms with Gasteiger partial charge in [-0.2, -0.15) is 13.2 Å². The molecule has 2 heterocycles. The molecule has 1 aromatic heterocycles. The third-order valence-electron chi connectivity index (χ3n) is 4.75. The van der Waals surface area contributed by atoms with Crippen molar-refractivity contribution >= 4 is 29.2 Å². The van der Waals surface area contributed by atoms with Crippen LogP contribution in [0.2, 0.25) is 0 Å². The number of hydroxylamine groups is 1. The van der Waals surface area contributed by atoms with Crippen molar-refractivity contribution in [3.05, 3.63) is 35.3 Å². The normalized spacial score (nSPS) is 16.4. The highest BCUT2D eigenvalue weighted by molar-refractivity contribution is 7.99. The minimum absolute atomic E-state index is 0.108. The van der Waals surface area contributed by atoms with E-state index in [9.17, 15) is 32.7 Å². The molecule has 1 aliphatic heterocycles. The van der Waals surface area contributed by atoms with Crippen molar-refractivity contribution in [2.24, 2.45) is 4.99 Å². The van der Waals surface area contributed by atoms with E-state index >= 15 is 0 Å². The number of alkyl halides is 3. The van der Waals surface area contributed by atoms with Gasteiger partial charge < -0.3 is 10.4 Å². The number of β-amino-alcohol motifs (C(OH)–C–C–N with tert-alkyl or cyclic N) is 1. The van der Waals surface area contributed by atoms with Crippen molar-refractivity contribution in [3.8, 4) is 0 Å². The fourth-order valence-electron chi connectivity index (χ4n) is 3.02. The van der Waals surface area contributed by atoms with E-state index in [4.69, 9.17) is 0 Å². The van der Waals surface area contributed by atoms with Crippen LogP contribution in [0.1, 0.15) is 18.2 Å². The van der Waals surface area contributed by atoms with Gasteiger partial charge >= 0.3 is 6.18 Å². The maximum Gasteiger partial charge on any atom is 0.419 e. The highest BCUT2D eigenvalue weighted by Gasteiger charge is 2.46. The number of halogens is 4. The molecule has 1 amide bonds. The van der Waals surface area contributed by atoms with Gasteiger partial charge in [-0.1, -0.05) is 18.7 Å². The van der Waals surface area contributed by atoms with E-state index in [-0.39, 0.29) is 47.6 Å². The number of hydrogen-bond acceptors (Lipinski definition) is 9. The van der Waals surface area contributed by atoms with Crippen molar-refractivity contribution in [2.75, 3.05) is 31.9 Å². The first-order chi connectivity index (χ1) is 15.6. The highest BCUT2D eigenvalue weighted by atomic mass is 32.2. The standard InChI is InChI=1S/C18H20F4N6O4S/c1-2-28-8-17(30,9-28)16(29)23-5-6-33-15-13(26-32-27-15)14(25-31)24-10-3-4-12(19)11(7-10)18(20,21)22/h3-4,7,30-31H,2,5-6,8-9H2,1H3,(H,23,29)(H,24,25). The van der Waals surface area contributed by atoms with E-state index in [1.807, 2.05) is 11.8 Å². The summed E-state index contributed by atoms with van der Waals surface area (Å²) in [5.74, 6) is -2.07. The van der Waals surface area contributed by atoms with Gasteiger partial charge in [-0.3, -0.25) is 20.4 Å². The lowest BCUT2D eigenvalue weighted by molar-refractivity contribution is -0.158. The molecular formula is C18H20F4N6O4S. The first-order valence-electron chi connectivity index (χ1n) is 9.61. The first-order valence-corrected chi connectivity index (χ1v) is 10.6. The molecule has 2 aromatic rings. The quantitative estimate of drug-likeness (QED) is 0.108. The molecule has 0 unspecified atom stereocenters. The largest absolute Gasteiger partial charge is 0.419 e. The van der Waals surface area contributed by atoms with Gasteiger partial charge in [0.1, 0.15) is 5.82 Å². The van der Waals surface area contributed by atoms with Crippen molar-refractivity contribution in [1.82, 2.24) is 26.0 Å². The summed E-state index contributed by atoms with van der Waals surface area (Å²) in [5, 5.41) is 29.5. The van der Waals surface area contributed by atoms with E-state index in [1.165, 1.54) is 0 Å². The van der Waals surface area contributed by atoms with Gasteiger partial charge in [-0.15, -0.1) is 0 Å². The summed E-state index contributed by atoms with van der Waals surface area (Å²) in [6.07, 6.45) is -4.93. The molecule has 1 saturated heterocycles. The molecule has 3 rings (SSSR count). The van der Waals surface area contributed by atoms with Gasteiger partial charge in [0.25, 0.3) is 5.91 Å². The first kappa shape index (κ1) is 24.9. The Labute approximate surface area is 189 Å². The van der Waals surface area contributed by atoms with Crippen LogP contribution in [-0.2, 0) is 11.0 Å². The minimum Gasteiger partial charge on any atom is -0.377 e. The summed E-state index contributed by atoms with van der Waals surface area (Å²) in [4.78, 5) is 17.8. The minimum atomic E-state index is -4.93. The fourth-order valence-corrected chi connectivity index (χ4v) is 3.77. The van der Waals surface area contributed by atoms with Gasteiger partial charge in [-0.25, -0.2) is 14.0 Å². The molecule has 1 fully saturated rings. The highest BCUT2D eigenvalue weighted by Crippen LogP contribution is 2.34. The zero-order valence-electron chi connectivity index (χ0n) is 17.2. The van der Waals surface area contributed by atoms with E-state index in [1.54, 1.807) is 5.48 Å². The second kappa shape index (κ2) is 10.0. The third-order valence-corrected chi connectivity index (χ3v) is 5.70. The fraction of sp³-hybridized carbons (Fsp3) is 0.444. The Hall–Kier alpha value is -2.75. The summed E-state index contributed by atoms with van der Waals surface area (Å²) < 4.78 is 56.8. The lowest BCUT2D eigenvalue weighted by Gasteiger charge is -2.44. The van der Waals surface area contributed by atoms with Crippen LogP contribution >= 0.6 is 11.8 Å². The summed E-state index contributed by atoms with van der Waals surface area (Å²) in [5.41, 5.74) is -1.64. The number of likely N-dealkylation sites (tertiary alicyclic amines) is 1. The number of rotatable bonds is 8. The number of carbonyl (C=O) groups is 1. The number of aromatic nitrogens is 2. The number of carbonyl (C=O) groups excluding carboxylic acids is 1. The number of amides is 1. The second-order valence-corrected chi connectivity index (χ2v) is 8.17. The Kier molecular flexibility index (Phi) is 7.56. The molecule has 1 aromatic carbocycles. The molecule has 0 bridgehead atoms. The van der Waals surface area contributed by atoms with Gasteiger partial charge in [0.05, 0.1) is 11.3 Å². The zero-order chi connectivity index (χ0) is 24.2. The van der Waals surface area contributed by atoms with Crippen LogP contribution in [0.4, 0.5) is 23.2 Å². The number of benzene rings is 1. The van der Waals surface area contributed by atoms with Gasteiger partial charge in [0, 0.05) is 25.4 Å². The number of thioether (sulfide) groups is 1. The summed E-state index contributed by atoms with van der Waals surface area (Å²) in [7, 11) is 0. The number of hydrogen-bond donors (Lipinski definition) is 4. The third kappa shape index (κ3) is 5.79. The SMILES string of the molecule is CCN1CC(O)(C(=O)NCCSc2nonc2C(=Nc2ccc(F)c(C(F)(F)F)c2)NO)C1. The van der Waals surface area contributed by atoms with E-state index in [0.29, 0.717) is 12.1 Å². The molecule has 0 aliphatic carbocycles. The smallest absolute Gasteiger partial charge is 0.377 e. The second-order valence-electron chi connectivity index (χ2n) is 7.09. The molecule has 0 saturated carbocycles. The summed E-state index contributed by atoms with van der Waals surface area (Å²) in [6.45, 7) is 3.31. The molecule has 15 heteroatoms. The number of amidine groups is 1. The Bertz CT molecular complexity index is 1030. The van der Waals surface area contributed by atoms with E-state index in [0.717, 1.165) is 24.4 Å². The lowest BCUT2D eigenvalue weighted by Crippen LogP contribution is -2.68. The molecular weight excluding hydrogens is 472 g/mol. The number of nitrogens with zero attached hydrogens (tertiary/aromatic N) is 4. The van der Waals surface area contributed by atoms with Crippen LogP contribution < -0.4 is 10.8 Å². The predicted octanol–water partition coefficient (Wildman–Crippen LogP) is 1.56. The average Bonchev–Trinajstić information content (AvgIpc) is 3.21. The van der Waals surface area contributed by atoms with Crippen LogP contribution in [-0.4, -0.2) is 74.8 Å². The Morgan fingerprint density at radius 2 is 2.09 bits per heavy atom. The Morgan fingerprint density at radius 3 is 2.73 bits per heavy atom. The van der Waals surface area contributed by atoms with Crippen LogP contribution in [0.5, 0.6) is 0 Å². The van der Waals surface area contributed by atoms with Crippen molar-refractivity contribution < 1.29 is 37.3 Å². The van der Waals surface area contributed by atoms with E-state index < -0.39 is 29.1 Å². The van der Waals surface area contributed by atoms with Crippen molar-refractivity contribution in [3.63, 3.8) is 0 Å². The van der Waals surface area contributed by atoms with Crippen LogP contribution in [0.3, 0.4) is 0 Å². The molecule has 180 valence electrons. The maximum atomic E-state index is 13.5. The van der Waals surface area contributed by atoms with Crippen LogP contribution in [0.15, 0.2) is 32.8 Å². The van der Waals surface area contributed by atoms with Crippen LogP contribution in [0.25, 0.3) is 0 Å². The number of aliphatic hydroxyl groups is 1. The van der Waals surface area contributed by atoms with Crippen molar-refractivity contribution in [2.45, 2.75) is 23.7 Å². The molecule has 33 heavy (non-hydrogen) atoms. The number of nitrogens with one attached hydrogen (secondary N) is 2. The lowest BCUT2D eigenvalue weighted by atomic mass is 9.93. The molecule has 0 atom stereocenters. The predicted molar refractivity (Wildman–Crippen MR) is 108 cm³/mol. The summed E-state index contributed by atoms with van der Waals surface area (Å²) in [6, 6.07) is 2.07. The van der Waals surface area contributed by atoms with Gasteiger partial charge in [0.2, 0.25) is 0 Å². The Balaban J connectivity index is 1.63. The molecule has 0 radical (unpaired) electrons. The maximum absolute atomic E-state index is 13.5. The van der Waals surface area contributed by atoms with Crippen LogP contribution in [0, 0.1) is 5.82 Å². The van der Waals surface area contributed by atoms with Gasteiger partial charge in [0.15, 0.2) is 22.2 Å². The molecule has 10 nitrogen and oxygen atoms in total. The number of aliphatic imine (C=N–C) groups is 1. The van der Waals surface area contributed by atoms with E-state index in [2.05, 4.69) is 25.3 Å². The monoisotopic (exact) mass is 492 g/mol. The summed E-state index contributed by atoms with van der Waals surface area (Å²) >= 11 is 1.06. The molecule has 1 aliphatic rings.